The molecule has 0 aromatic heterocycles. The molecule has 0 unspecified atom stereocenters. The van der Waals surface area contributed by atoms with Crippen LogP contribution in [-0.4, -0.2) is 46.4 Å². The molecule has 0 aliphatic heterocycles. The first kappa shape index (κ1) is 21.2. The summed E-state index contributed by atoms with van der Waals surface area (Å²) in [5, 5.41) is 2.60. The zero-order valence-corrected chi connectivity index (χ0v) is 14.8. The van der Waals surface area contributed by atoms with Gasteiger partial charge in [-0.15, -0.1) is 0 Å². The van der Waals surface area contributed by atoms with Gasteiger partial charge in [0, 0.05) is 33.7 Å². The maximum absolute atomic E-state index is 13.0. The number of alkyl halides is 3. The summed E-state index contributed by atoms with van der Waals surface area (Å²) in [6.45, 7) is 3.54. The van der Waals surface area contributed by atoms with Crippen LogP contribution in [0.3, 0.4) is 0 Å². The van der Waals surface area contributed by atoms with E-state index in [1.807, 2.05) is 11.8 Å². The lowest BCUT2D eigenvalue weighted by Gasteiger charge is -2.27. The van der Waals surface area contributed by atoms with Gasteiger partial charge >= 0.3 is 6.18 Å². The van der Waals surface area contributed by atoms with Crippen LogP contribution in [-0.2, 0) is 20.4 Å². The standard InChI is InChI=1S/C17H25F3N2O3/c1-4-5-16(23)21-14-12-13(17(18,19)20)6-7-15(14)22(8-10-24-2)9-11-25-3/h6-7,12H,4-5,8-11H2,1-3H3,(H,21,23). The molecule has 0 bridgehead atoms. The summed E-state index contributed by atoms with van der Waals surface area (Å²) in [4.78, 5) is 13.7. The van der Waals surface area contributed by atoms with Crippen molar-refractivity contribution in [3.05, 3.63) is 23.8 Å². The average Bonchev–Trinajstić information content (AvgIpc) is 2.55. The quantitative estimate of drug-likeness (QED) is 0.692. The molecule has 0 aliphatic carbocycles. The third-order valence-corrected chi connectivity index (χ3v) is 3.55. The fourth-order valence-corrected chi connectivity index (χ4v) is 2.28. The summed E-state index contributed by atoms with van der Waals surface area (Å²) in [5.74, 6) is -0.318. The van der Waals surface area contributed by atoms with Crippen LogP contribution >= 0.6 is 0 Å². The summed E-state index contributed by atoms with van der Waals surface area (Å²) >= 11 is 0. The van der Waals surface area contributed by atoms with E-state index in [9.17, 15) is 18.0 Å². The SMILES string of the molecule is CCCC(=O)Nc1cc(C(F)(F)F)ccc1N(CCOC)CCOC. The van der Waals surface area contributed by atoms with Crippen molar-refractivity contribution in [2.24, 2.45) is 0 Å². The van der Waals surface area contributed by atoms with Gasteiger partial charge in [0.2, 0.25) is 5.91 Å². The van der Waals surface area contributed by atoms with Crippen LogP contribution < -0.4 is 10.2 Å². The maximum Gasteiger partial charge on any atom is 0.416 e. The molecule has 1 N–H and O–H groups in total. The molecule has 25 heavy (non-hydrogen) atoms. The van der Waals surface area contributed by atoms with Gasteiger partial charge in [-0.05, 0) is 24.6 Å². The smallest absolute Gasteiger partial charge is 0.383 e. The van der Waals surface area contributed by atoms with E-state index >= 15 is 0 Å². The second kappa shape index (κ2) is 10.2. The highest BCUT2D eigenvalue weighted by Crippen LogP contribution is 2.35. The van der Waals surface area contributed by atoms with Crippen LogP contribution in [0.5, 0.6) is 0 Å². The molecule has 5 nitrogen and oxygen atoms in total. The van der Waals surface area contributed by atoms with Gasteiger partial charge in [-0.3, -0.25) is 4.79 Å². The predicted octanol–water partition coefficient (Wildman–Crippen LogP) is 3.54. The molecule has 0 saturated carbocycles. The van der Waals surface area contributed by atoms with Crippen molar-refractivity contribution >= 4 is 17.3 Å². The molecule has 142 valence electrons. The van der Waals surface area contributed by atoms with Gasteiger partial charge in [0.15, 0.2) is 0 Å². The van der Waals surface area contributed by atoms with E-state index in [1.165, 1.54) is 6.07 Å². The van der Waals surface area contributed by atoms with Crippen LogP contribution in [0.25, 0.3) is 0 Å². The number of methoxy groups -OCH3 is 2. The fraction of sp³-hybridized carbons (Fsp3) is 0.588. The summed E-state index contributed by atoms with van der Waals surface area (Å²) < 4.78 is 49.2. The maximum atomic E-state index is 13.0. The first-order valence-electron chi connectivity index (χ1n) is 8.07. The Bertz CT molecular complexity index is 542. The number of hydrogen-bond donors (Lipinski definition) is 1. The molecular weight excluding hydrogens is 337 g/mol. The Morgan fingerprint density at radius 2 is 1.76 bits per heavy atom. The van der Waals surface area contributed by atoms with Crippen molar-refractivity contribution < 1.29 is 27.4 Å². The molecule has 1 aromatic rings. The van der Waals surface area contributed by atoms with E-state index in [0.717, 1.165) is 12.1 Å². The van der Waals surface area contributed by atoms with Gasteiger partial charge < -0.3 is 19.7 Å². The topological polar surface area (TPSA) is 50.8 Å². The summed E-state index contributed by atoms with van der Waals surface area (Å²) in [6, 6.07) is 3.35. The number of ether oxygens (including phenoxy) is 2. The van der Waals surface area contributed by atoms with E-state index in [2.05, 4.69) is 5.32 Å². The lowest BCUT2D eigenvalue weighted by molar-refractivity contribution is -0.137. The molecule has 0 aliphatic rings. The first-order valence-corrected chi connectivity index (χ1v) is 8.07. The Kier molecular flexibility index (Phi) is 8.71. The van der Waals surface area contributed by atoms with Gasteiger partial charge in [-0.25, -0.2) is 0 Å². The van der Waals surface area contributed by atoms with E-state index in [1.54, 1.807) is 14.2 Å². The predicted molar refractivity (Wildman–Crippen MR) is 90.9 cm³/mol. The van der Waals surface area contributed by atoms with Crippen molar-refractivity contribution in [3.63, 3.8) is 0 Å². The molecule has 0 spiro atoms. The third kappa shape index (κ3) is 6.91. The van der Waals surface area contributed by atoms with Gasteiger partial charge in [-0.2, -0.15) is 13.2 Å². The van der Waals surface area contributed by atoms with Gasteiger partial charge in [0.1, 0.15) is 0 Å². The molecule has 1 aromatic carbocycles. The minimum atomic E-state index is -4.48. The monoisotopic (exact) mass is 362 g/mol. The molecule has 0 fully saturated rings. The number of amides is 1. The average molecular weight is 362 g/mol. The van der Waals surface area contributed by atoms with E-state index in [4.69, 9.17) is 9.47 Å². The number of nitrogens with zero attached hydrogens (tertiary/aromatic N) is 1. The van der Waals surface area contributed by atoms with E-state index in [-0.39, 0.29) is 18.0 Å². The lowest BCUT2D eigenvalue weighted by Crippen LogP contribution is -2.31. The second-order valence-corrected chi connectivity index (χ2v) is 5.50. The molecule has 8 heteroatoms. The minimum absolute atomic E-state index is 0.139. The molecule has 0 heterocycles. The number of hydrogen-bond acceptors (Lipinski definition) is 4. The lowest BCUT2D eigenvalue weighted by atomic mass is 10.1. The zero-order valence-electron chi connectivity index (χ0n) is 14.8. The number of anilines is 2. The van der Waals surface area contributed by atoms with Crippen LogP contribution in [0.2, 0.25) is 0 Å². The number of benzene rings is 1. The van der Waals surface area contributed by atoms with Crippen molar-refractivity contribution in [2.45, 2.75) is 25.9 Å². The van der Waals surface area contributed by atoms with Crippen molar-refractivity contribution in [1.29, 1.82) is 0 Å². The molecule has 1 rings (SSSR count). The number of carbonyl (C=O) groups excluding carboxylic acids is 1. The Morgan fingerprint density at radius 1 is 1.16 bits per heavy atom. The fourth-order valence-electron chi connectivity index (χ4n) is 2.28. The van der Waals surface area contributed by atoms with E-state index < -0.39 is 11.7 Å². The van der Waals surface area contributed by atoms with Crippen molar-refractivity contribution in [3.8, 4) is 0 Å². The number of rotatable bonds is 10. The van der Waals surface area contributed by atoms with Crippen LogP contribution in [0.4, 0.5) is 24.5 Å². The van der Waals surface area contributed by atoms with Gasteiger partial charge in [0.05, 0.1) is 30.2 Å². The largest absolute Gasteiger partial charge is 0.416 e. The van der Waals surface area contributed by atoms with Crippen LogP contribution in [0.15, 0.2) is 18.2 Å². The highest BCUT2D eigenvalue weighted by Gasteiger charge is 2.31. The molecular formula is C17H25F3N2O3. The van der Waals surface area contributed by atoms with Crippen LogP contribution in [0.1, 0.15) is 25.3 Å². The number of carbonyl (C=O) groups is 1. The summed E-state index contributed by atoms with van der Waals surface area (Å²) in [6.07, 6.45) is -3.63. The number of nitrogens with one attached hydrogen (secondary N) is 1. The van der Waals surface area contributed by atoms with Gasteiger partial charge in [0.25, 0.3) is 0 Å². The molecule has 0 atom stereocenters. The zero-order chi connectivity index (χ0) is 18.9. The minimum Gasteiger partial charge on any atom is -0.383 e. The Labute approximate surface area is 146 Å². The van der Waals surface area contributed by atoms with Crippen molar-refractivity contribution in [2.75, 3.05) is 50.7 Å². The van der Waals surface area contributed by atoms with Gasteiger partial charge in [-0.1, -0.05) is 6.92 Å². The first-order chi connectivity index (χ1) is 11.8. The number of halogens is 3. The normalized spacial score (nSPS) is 11.4. The third-order valence-electron chi connectivity index (χ3n) is 3.55. The molecule has 0 radical (unpaired) electrons. The van der Waals surface area contributed by atoms with Crippen molar-refractivity contribution in [1.82, 2.24) is 0 Å². The highest BCUT2D eigenvalue weighted by atomic mass is 19.4. The highest BCUT2D eigenvalue weighted by molar-refractivity contribution is 5.94. The van der Waals surface area contributed by atoms with Crippen LogP contribution in [0, 0.1) is 0 Å². The second-order valence-electron chi connectivity index (χ2n) is 5.50. The molecule has 1 amide bonds. The summed E-state index contributed by atoms with van der Waals surface area (Å²) in [7, 11) is 3.09. The Morgan fingerprint density at radius 3 is 2.24 bits per heavy atom. The molecule has 0 saturated heterocycles. The Hall–Kier alpha value is -1.80. The van der Waals surface area contributed by atoms with E-state index in [0.29, 0.717) is 38.4 Å². The summed E-state index contributed by atoms with van der Waals surface area (Å²) in [5.41, 5.74) is -0.159. The Balaban J connectivity index is 3.21.